The Morgan fingerprint density at radius 2 is 1.82 bits per heavy atom. The summed E-state index contributed by atoms with van der Waals surface area (Å²) in [5, 5.41) is 3.91. The van der Waals surface area contributed by atoms with Gasteiger partial charge in [0.25, 0.3) is 0 Å². The summed E-state index contributed by atoms with van der Waals surface area (Å²) in [5.74, 6) is 4.92. The lowest BCUT2D eigenvalue weighted by Crippen LogP contribution is -2.31. The number of terminal acetylenes is 1. The van der Waals surface area contributed by atoms with Gasteiger partial charge in [0, 0.05) is 23.7 Å². The Morgan fingerprint density at radius 1 is 1.12 bits per heavy atom. The van der Waals surface area contributed by atoms with Crippen molar-refractivity contribution in [1.29, 1.82) is 0 Å². The third kappa shape index (κ3) is 6.91. The van der Waals surface area contributed by atoms with Crippen LogP contribution in [0.2, 0.25) is 0 Å². The molecule has 2 aromatic carbocycles. The maximum atomic E-state index is 6.02. The van der Waals surface area contributed by atoms with Gasteiger partial charge in [0.05, 0.1) is 5.76 Å². The van der Waals surface area contributed by atoms with Crippen molar-refractivity contribution in [3.8, 4) is 12.3 Å². The molecule has 3 rings (SSSR count). The van der Waals surface area contributed by atoms with E-state index in [-0.39, 0.29) is 5.60 Å². The fourth-order valence-electron chi connectivity index (χ4n) is 4.64. The maximum absolute atomic E-state index is 6.02. The highest BCUT2D eigenvalue weighted by Gasteiger charge is 2.35. The minimum atomic E-state index is -0.204. The van der Waals surface area contributed by atoms with Crippen molar-refractivity contribution >= 4 is 5.69 Å². The second kappa shape index (κ2) is 10.1. The number of rotatable bonds is 9. The fraction of sp³-hybridized carbons (Fsp3) is 0.484. The molecule has 1 aliphatic rings. The normalized spacial score (nSPS) is 15.5. The van der Waals surface area contributed by atoms with Crippen LogP contribution in [0.3, 0.4) is 0 Å². The van der Waals surface area contributed by atoms with Gasteiger partial charge in [-0.25, -0.2) is 0 Å². The molecular formula is C31H41NO. The number of nitrogens with one attached hydrogen (secondary N) is 1. The molecule has 0 spiro atoms. The summed E-state index contributed by atoms with van der Waals surface area (Å²) in [4.78, 5) is 0. The smallest absolute Gasteiger partial charge is 0.100 e. The number of hydrogen-bond donors (Lipinski definition) is 1. The first-order valence-corrected chi connectivity index (χ1v) is 12.3. The van der Waals surface area contributed by atoms with E-state index in [1.807, 2.05) is 0 Å². The van der Waals surface area contributed by atoms with E-state index in [0.29, 0.717) is 17.9 Å². The second-order valence-corrected chi connectivity index (χ2v) is 11.0. The Bertz CT molecular complexity index is 1050. The van der Waals surface area contributed by atoms with Crippen LogP contribution in [-0.2, 0) is 11.2 Å². The van der Waals surface area contributed by atoms with Gasteiger partial charge in [0.1, 0.15) is 5.60 Å². The number of aryl methyl sites for hydroxylation is 3. The highest BCUT2D eigenvalue weighted by atomic mass is 16.5. The van der Waals surface area contributed by atoms with Gasteiger partial charge in [-0.3, -0.25) is 0 Å². The standard InChI is InChI=1S/C31H41NO/c1-10-26-17-22(4)29(19-28(26)18-25-12-11-20(2)21(3)16-25)32-30(27-13-14-27)23(5)15-24(6)33-31(7,8)9/h1,11-12,16-17,19,23,27,30,32H,6,13-15,18H2,2-5,7-9H3/t23-,30+/m1/s1. The lowest BCUT2D eigenvalue weighted by molar-refractivity contribution is 0.0434. The molecule has 0 heterocycles. The molecule has 0 aromatic heterocycles. The molecule has 0 amide bonds. The highest BCUT2D eigenvalue weighted by Crippen LogP contribution is 2.40. The molecule has 0 bridgehead atoms. The average Bonchev–Trinajstić information content (AvgIpc) is 3.54. The number of benzene rings is 2. The Balaban J connectivity index is 1.82. The molecule has 0 unspecified atom stereocenters. The van der Waals surface area contributed by atoms with Gasteiger partial charge in [0.2, 0.25) is 0 Å². The Kier molecular flexibility index (Phi) is 7.63. The van der Waals surface area contributed by atoms with Crippen molar-refractivity contribution in [3.05, 3.63) is 76.1 Å². The predicted octanol–water partition coefficient (Wildman–Crippen LogP) is 7.73. The number of ether oxygens (including phenoxy) is 1. The van der Waals surface area contributed by atoms with Crippen molar-refractivity contribution < 1.29 is 4.74 Å². The quantitative estimate of drug-likeness (QED) is 0.316. The van der Waals surface area contributed by atoms with E-state index in [0.717, 1.165) is 24.2 Å². The second-order valence-electron chi connectivity index (χ2n) is 11.0. The molecule has 1 fully saturated rings. The van der Waals surface area contributed by atoms with Crippen molar-refractivity contribution in [2.24, 2.45) is 11.8 Å². The first-order valence-electron chi connectivity index (χ1n) is 12.3. The molecule has 2 nitrogen and oxygen atoms in total. The summed E-state index contributed by atoms with van der Waals surface area (Å²) in [5.41, 5.74) is 8.32. The van der Waals surface area contributed by atoms with Crippen LogP contribution in [0.1, 0.15) is 80.3 Å². The van der Waals surface area contributed by atoms with E-state index in [9.17, 15) is 0 Å². The van der Waals surface area contributed by atoms with Crippen molar-refractivity contribution in [3.63, 3.8) is 0 Å². The molecule has 176 valence electrons. The van der Waals surface area contributed by atoms with Gasteiger partial charge in [-0.15, -0.1) is 6.42 Å². The van der Waals surface area contributed by atoms with Gasteiger partial charge < -0.3 is 10.1 Å². The summed E-state index contributed by atoms with van der Waals surface area (Å²) in [6, 6.07) is 11.5. The summed E-state index contributed by atoms with van der Waals surface area (Å²) >= 11 is 0. The van der Waals surface area contributed by atoms with E-state index in [1.54, 1.807) is 0 Å². The van der Waals surface area contributed by atoms with Gasteiger partial charge in [0.15, 0.2) is 0 Å². The predicted molar refractivity (Wildman–Crippen MR) is 142 cm³/mol. The molecule has 2 heteroatoms. The first kappa shape index (κ1) is 25.0. The number of hydrogen-bond acceptors (Lipinski definition) is 2. The van der Waals surface area contributed by atoms with Crippen LogP contribution in [-0.4, -0.2) is 11.6 Å². The van der Waals surface area contributed by atoms with Gasteiger partial charge >= 0.3 is 0 Å². The zero-order chi connectivity index (χ0) is 24.3. The Labute approximate surface area is 201 Å². The Hall–Kier alpha value is -2.66. The minimum absolute atomic E-state index is 0.204. The summed E-state index contributed by atoms with van der Waals surface area (Å²) in [7, 11) is 0. The summed E-state index contributed by atoms with van der Waals surface area (Å²) in [6.07, 6.45) is 10.2. The molecule has 1 saturated carbocycles. The monoisotopic (exact) mass is 443 g/mol. The molecule has 0 aliphatic heterocycles. The summed E-state index contributed by atoms with van der Waals surface area (Å²) in [6.45, 7) is 19.2. The number of anilines is 1. The van der Waals surface area contributed by atoms with E-state index < -0.39 is 0 Å². The average molecular weight is 444 g/mol. The van der Waals surface area contributed by atoms with E-state index in [4.69, 9.17) is 11.2 Å². The Morgan fingerprint density at radius 3 is 2.39 bits per heavy atom. The maximum Gasteiger partial charge on any atom is 0.100 e. The van der Waals surface area contributed by atoms with E-state index in [2.05, 4.69) is 96.6 Å². The third-order valence-electron chi connectivity index (χ3n) is 6.64. The molecule has 0 saturated heterocycles. The van der Waals surface area contributed by atoms with Crippen LogP contribution in [0.15, 0.2) is 42.7 Å². The van der Waals surface area contributed by atoms with Crippen LogP contribution >= 0.6 is 0 Å². The SMILES string of the molecule is C#Cc1cc(C)c(N[C@H](C2CC2)[C@H](C)CC(=C)OC(C)(C)C)cc1Cc1ccc(C)c(C)c1. The van der Waals surface area contributed by atoms with E-state index in [1.165, 1.54) is 46.3 Å². The zero-order valence-electron chi connectivity index (χ0n) is 21.6. The lowest BCUT2D eigenvalue weighted by atomic mass is 9.91. The first-order chi connectivity index (χ1) is 15.5. The van der Waals surface area contributed by atoms with Gasteiger partial charge in [-0.05, 0) is 113 Å². The van der Waals surface area contributed by atoms with Crippen LogP contribution in [0.5, 0.6) is 0 Å². The zero-order valence-corrected chi connectivity index (χ0v) is 21.6. The molecule has 1 N–H and O–H groups in total. The molecule has 0 radical (unpaired) electrons. The molecule has 1 aliphatic carbocycles. The fourth-order valence-corrected chi connectivity index (χ4v) is 4.64. The van der Waals surface area contributed by atoms with Crippen LogP contribution in [0.25, 0.3) is 0 Å². The third-order valence-corrected chi connectivity index (χ3v) is 6.64. The topological polar surface area (TPSA) is 21.3 Å². The molecule has 2 aromatic rings. The molecule has 2 atom stereocenters. The van der Waals surface area contributed by atoms with Crippen LogP contribution < -0.4 is 5.32 Å². The summed E-state index contributed by atoms with van der Waals surface area (Å²) < 4.78 is 6.02. The largest absolute Gasteiger partial charge is 0.493 e. The van der Waals surface area contributed by atoms with Crippen molar-refractivity contribution in [2.45, 2.75) is 85.8 Å². The lowest BCUT2D eigenvalue weighted by Gasteiger charge is -2.30. The van der Waals surface area contributed by atoms with E-state index >= 15 is 0 Å². The highest BCUT2D eigenvalue weighted by molar-refractivity contribution is 5.60. The number of allylic oxidation sites excluding steroid dienone is 1. The molecular weight excluding hydrogens is 402 g/mol. The van der Waals surface area contributed by atoms with Crippen LogP contribution in [0.4, 0.5) is 5.69 Å². The molecule has 33 heavy (non-hydrogen) atoms. The van der Waals surface area contributed by atoms with Crippen LogP contribution in [0, 0.1) is 45.0 Å². The van der Waals surface area contributed by atoms with Crippen molar-refractivity contribution in [1.82, 2.24) is 0 Å². The minimum Gasteiger partial charge on any atom is -0.493 e. The van der Waals surface area contributed by atoms with Crippen molar-refractivity contribution in [2.75, 3.05) is 5.32 Å². The van der Waals surface area contributed by atoms with Gasteiger partial charge in [-0.1, -0.05) is 37.6 Å². The van der Waals surface area contributed by atoms with Gasteiger partial charge in [-0.2, -0.15) is 0 Å².